The number of carbonyl (C=O) groups excluding carboxylic acids is 3. The first-order valence-electron chi connectivity index (χ1n) is 16.5. The molecule has 3 aromatic rings. The van der Waals surface area contributed by atoms with Gasteiger partial charge in [0, 0.05) is 31.9 Å². The molecule has 1 aliphatic rings. The van der Waals surface area contributed by atoms with E-state index in [2.05, 4.69) is 16.0 Å². The molecule has 1 aliphatic heterocycles. The van der Waals surface area contributed by atoms with Gasteiger partial charge < -0.3 is 50.6 Å². The highest BCUT2D eigenvalue weighted by Gasteiger charge is 2.56. The van der Waals surface area contributed by atoms with Crippen LogP contribution < -0.4 is 16.0 Å². The number of carboxylic acid groups (broad SMARTS) is 2. The topological polar surface area (TPSA) is 230 Å². The number of aliphatic hydroxyl groups is 2. The van der Waals surface area contributed by atoms with Gasteiger partial charge in [-0.1, -0.05) is 73.2 Å². The summed E-state index contributed by atoms with van der Waals surface area (Å²) >= 11 is 0. The van der Waals surface area contributed by atoms with Crippen LogP contribution >= 0.6 is 0 Å². The van der Waals surface area contributed by atoms with Crippen molar-refractivity contribution < 1.29 is 58.6 Å². The van der Waals surface area contributed by atoms with Crippen molar-refractivity contribution in [3.63, 3.8) is 0 Å². The molecule has 1 fully saturated rings. The maximum absolute atomic E-state index is 13.1. The van der Waals surface area contributed by atoms with E-state index in [1.54, 1.807) is 54.6 Å². The first-order chi connectivity index (χ1) is 24.4. The molecule has 1 heterocycles. The molecule has 3 aromatic carbocycles. The number of ether oxygens (including phenoxy) is 3. The smallest absolute Gasteiger partial charge is 0.407 e. The van der Waals surface area contributed by atoms with Crippen LogP contribution in [0.2, 0.25) is 0 Å². The standard InChI is InChI=1S/C36H43N3O12/c1-22(40)38-30-27(39-35(48)49-21-23-11-4-2-5-12-23)19-36(34(46)47,50-18-9-3-6-17-29(42)43)51-32(30)31(44)28(41)20-37-33(45)26-16-10-14-24-13-7-8-15-25(24)26/h2,4-5,7-8,10-16,27-28,30-32,41,44H,3,6,9,17-21H2,1H3,(H,37,45)(H,38,40)(H,39,48)(H,42,43)(H,46,47)/t27-,28+,30+,31+,32+,36+/m0/s1. The number of carbonyl (C=O) groups is 5. The zero-order valence-electron chi connectivity index (χ0n) is 28.0. The van der Waals surface area contributed by atoms with E-state index in [-0.39, 0.29) is 26.1 Å². The Morgan fingerprint density at radius 3 is 2.31 bits per heavy atom. The Morgan fingerprint density at radius 2 is 1.61 bits per heavy atom. The number of hydrogen-bond acceptors (Lipinski definition) is 10. The van der Waals surface area contributed by atoms with E-state index in [0.29, 0.717) is 29.4 Å². The number of carboxylic acids is 2. The average Bonchev–Trinajstić information content (AvgIpc) is 3.11. The van der Waals surface area contributed by atoms with Crippen LogP contribution in [0.15, 0.2) is 72.8 Å². The molecular weight excluding hydrogens is 666 g/mol. The summed E-state index contributed by atoms with van der Waals surface area (Å²) in [6, 6.07) is 18.5. The Hall–Kier alpha value is -5.09. The molecule has 0 saturated carbocycles. The summed E-state index contributed by atoms with van der Waals surface area (Å²) in [6.45, 7) is 0.340. The fraction of sp³-hybridized carbons (Fsp3) is 0.417. The van der Waals surface area contributed by atoms with Crippen molar-refractivity contribution in [2.75, 3.05) is 13.2 Å². The fourth-order valence-corrected chi connectivity index (χ4v) is 5.88. The van der Waals surface area contributed by atoms with E-state index in [1.807, 2.05) is 18.2 Å². The second-order valence-corrected chi connectivity index (χ2v) is 12.2. The average molecular weight is 710 g/mol. The number of unbranched alkanes of at least 4 members (excludes halogenated alkanes) is 2. The van der Waals surface area contributed by atoms with Gasteiger partial charge in [0.1, 0.15) is 18.8 Å². The molecule has 51 heavy (non-hydrogen) atoms. The number of nitrogens with one attached hydrogen (secondary N) is 3. The van der Waals surface area contributed by atoms with Gasteiger partial charge in [-0.05, 0) is 35.2 Å². The minimum atomic E-state index is -2.49. The van der Waals surface area contributed by atoms with Gasteiger partial charge >= 0.3 is 18.0 Å². The first kappa shape index (κ1) is 38.7. The molecule has 1 saturated heterocycles. The zero-order valence-corrected chi connectivity index (χ0v) is 28.0. The third-order valence-electron chi connectivity index (χ3n) is 8.42. The van der Waals surface area contributed by atoms with Crippen molar-refractivity contribution in [1.82, 2.24) is 16.0 Å². The van der Waals surface area contributed by atoms with Crippen molar-refractivity contribution in [2.45, 2.75) is 81.8 Å². The predicted octanol–water partition coefficient (Wildman–Crippen LogP) is 2.32. The number of alkyl carbamates (subject to hydrolysis) is 1. The van der Waals surface area contributed by atoms with Crippen LogP contribution in [0.4, 0.5) is 4.79 Å². The highest BCUT2D eigenvalue weighted by atomic mass is 16.7. The normalized spacial score (nSPS) is 21.2. The number of rotatable bonds is 17. The van der Waals surface area contributed by atoms with Crippen molar-refractivity contribution in [2.24, 2.45) is 0 Å². The molecule has 15 nitrogen and oxygen atoms in total. The minimum absolute atomic E-state index is 0.0841. The maximum atomic E-state index is 13.1. The lowest BCUT2D eigenvalue weighted by Gasteiger charge is -2.48. The highest BCUT2D eigenvalue weighted by Crippen LogP contribution is 2.34. The Morgan fingerprint density at radius 1 is 0.902 bits per heavy atom. The fourth-order valence-electron chi connectivity index (χ4n) is 5.88. The molecule has 0 spiro atoms. The quantitative estimate of drug-likeness (QED) is 0.100. The molecule has 0 aromatic heterocycles. The number of benzene rings is 3. The van der Waals surface area contributed by atoms with Crippen molar-refractivity contribution >= 4 is 40.6 Å². The Balaban J connectivity index is 1.56. The van der Waals surface area contributed by atoms with Gasteiger partial charge in [-0.15, -0.1) is 0 Å². The van der Waals surface area contributed by atoms with Crippen LogP contribution in [0.1, 0.15) is 54.9 Å². The van der Waals surface area contributed by atoms with Crippen LogP contribution in [0.3, 0.4) is 0 Å². The second-order valence-electron chi connectivity index (χ2n) is 12.2. The molecule has 274 valence electrons. The van der Waals surface area contributed by atoms with E-state index in [4.69, 9.17) is 19.3 Å². The van der Waals surface area contributed by atoms with Crippen LogP contribution in [-0.2, 0) is 35.2 Å². The van der Waals surface area contributed by atoms with Gasteiger partial charge in [0.05, 0.1) is 24.8 Å². The van der Waals surface area contributed by atoms with E-state index >= 15 is 0 Å². The first-order valence-corrected chi connectivity index (χ1v) is 16.5. The zero-order chi connectivity index (χ0) is 37.0. The van der Waals surface area contributed by atoms with Crippen LogP contribution in [0.5, 0.6) is 0 Å². The van der Waals surface area contributed by atoms with Crippen molar-refractivity contribution in [3.05, 3.63) is 83.9 Å². The summed E-state index contributed by atoms with van der Waals surface area (Å²) in [5.41, 5.74) is 0.992. The van der Waals surface area contributed by atoms with Crippen molar-refractivity contribution in [3.8, 4) is 0 Å². The monoisotopic (exact) mass is 709 g/mol. The number of aliphatic hydroxyl groups excluding tert-OH is 2. The van der Waals surface area contributed by atoms with E-state index in [1.165, 1.54) is 6.92 Å². The number of aliphatic carboxylic acids is 2. The van der Waals surface area contributed by atoms with E-state index in [0.717, 1.165) is 5.39 Å². The van der Waals surface area contributed by atoms with Crippen LogP contribution in [-0.4, -0.2) is 99.6 Å². The Labute approximate surface area is 293 Å². The Bertz CT molecular complexity index is 1670. The van der Waals surface area contributed by atoms with Gasteiger partial charge in [-0.25, -0.2) is 9.59 Å². The predicted molar refractivity (Wildman–Crippen MR) is 181 cm³/mol. The van der Waals surface area contributed by atoms with Gasteiger partial charge in [0.2, 0.25) is 5.91 Å². The molecule has 0 aliphatic carbocycles. The largest absolute Gasteiger partial charge is 0.481 e. The highest BCUT2D eigenvalue weighted by molar-refractivity contribution is 6.07. The number of hydrogen-bond donors (Lipinski definition) is 7. The molecule has 7 N–H and O–H groups in total. The summed E-state index contributed by atoms with van der Waals surface area (Å²) in [5, 5.41) is 51.1. The summed E-state index contributed by atoms with van der Waals surface area (Å²) < 4.78 is 17.0. The lowest BCUT2D eigenvalue weighted by atomic mass is 9.86. The molecule has 3 amide bonds. The summed E-state index contributed by atoms with van der Waals surface area (Å²) in [6.07, 6.45) is -6.02. The lowest BCUT2D eigenvalue weighted by Crippen LogP contribution is -2.71. The third-order valence-corrected chi connectivity index (χ3v) is 8.42. The van der Waals surface area contributed by atoms with E-state index < -0.39 is 79.0 Å². The summed E-state index contributed by atoms with van der Waals surface area (Å²) in [7, 11) is 0. The summed E-state index contributed by atoms with van der Waals surface area (Å²) in [5.74, 6) is -6.25. The minimum Gasteiger partial charge on any atom is -0.481 e. The molecule has 0 unspecified atom stereocenters. The molecule has 6 atom stereocenters. The van der Waals surface area contributed by atoms with Gasteiger partial charge in [-0.3, -0.25) is 14.4 Å². The molecule has 0 radical (unpaired) electrons. The lowest BCUT2D eigenvalue weighted by molar-refractivity contribution is -0.300. The molecular formula is C36H43N3O12. The van der Waals surface area contributed by atoms with Crippen molar-refractivity contribution in [1.29, 1.82) is 0 Å². The van der Waals surface area contributed by atoms with Gasteiger partial charge in [0.15, 0.2) is 0 Å². The molecule has 0 bridgehead atoms. The number of amides is 3. The SMILES string of the molecule is CC(=O)N[C@H]1[C@H]([C@H](O)[C@H](O)CNC(=O)c2cccc3ccccc23)O[C@@](OCCCCCC(=O)O)(C(=O)O)C[C@@H]1NC(=O)OCc1ccccc1. The van der Waals surface area contributed by atoms with Gasteiger partial charge in [-0.2, -0.15) is 0 Å². The van der Waals surface area contributed by atoms with Crippen LogP contribution in [0.25, 0.3) is 10.8 Å². The van der Waals surface area contributed by atoms with Crippen LogP contribution in [0, 0.1) is 0 Å². The third kappa shape index (κ3) is 10.7. The molecule has 15 heteroatoms. The summed E-state index contributed by atoms with van der Waals surface area (Å²) in [4.78, 5) is 62.2. The molecule has 4 rings (SSSR count). The second kappa shape index (κ2) is 18.2. The number of fused-ring (bicyclic) bond motifs is 1. The Kier molecular flexibility index (Phi) is 13.8. The van der Waals surface area contributed by atoms with Gasteiger partial charge in [0.25, 0.3) is 11.7 Å². The maximum Gasteiger partial charge on any atom is 0.407 e. The van der Waals surface area contributed by atoms with E-state index in [9.17, 15) is 39.3 Å².